The molecule has 5 nitrogen and oxygen atoms in total. The lowest BCUT2D eigenvalue weighted by molar-refractivity contribution is -0.147. The van der Waals surface area contributed by atoms with Gasteiger partial charge in [-0.15, -0.1) is 0 Å². The smallest absolute Gasteiger partial charge is 0.307 e. The number of likely N-dealkylation sites (tertiary alicyclic amines) is 1. The van der Waals surface area contributed by atoms with Gasteiger partial charge in [-0.25, -0.2) is 0 Å². The number of amides is 1. The van der Waals surface area contributed by atoms with Gasteiger partial charge in [0.15, 0.2) is 0 Å². The summed E-state index contributed by atoms with van der Waals surface area (Å²) < 4.78 is 10.0. The summed E-state index contributed by atoms with van der Waals surface area (Å²) in [6, 6.07) is -0.0329. The highest BCUT2D eigenvalue weighted by atomic mass is 16.5. The minimum atomic E-state index is -0.260. The van der Waals surface area contributed by atoms with Gasteiger partial charge in [-0.1, -0.05) is 0 Å². The molecule has 18 heavy (non-hydrogen) atoms. The summed E-state index contributed by atoms with van der Waals surface area (Å²) in [7, 11) is 1.37. The molecule has 1 heterocycles. The van der Waals surface area contributed by atoms with E-state index in [0.717, 1.165) is 19.3 Å². The lowest BCUT2D eigenvalue weighted by atomic mass is 9.99. The van der Waals surface area contributed by atoms with Gasteiger partial charge in [-0.3, -0.25) is 9.59 Å². The highest BCUT2D eigenvalue weighted by molar-refractivity contribution is 5.79. The Morgan fingerprint density at radius 2 is 2.06 bits per heavy atom. The van der Waals surface area contributed by atoms with Crippen LogP contribution in [0.15, 0.2) is 0 Å². The minimum Gasteiger partial charge on any atom is -0.469 e. The number of esters is 1. The summed E-state index contributed by atoms with van der Waals surface area (Å²) in [6.45, 7) is 4.60. The molecule has 1 aliphatic heterocycles. The minimum absolute atomic E-state index is 0.0303. The van der Waals surface area contributed by atoms with Gasteiger partial charge in [0.05, 0.1) is 19.6 Å². The highest BCUT2D eigenvalue weighted by Crippen LogP contribution is 2.20. The fraction of sp³-hybridized carbons (Fsp3) is 0.846. The number of hydrogen-bond acceptors (Lipinski definition) is 4. The van der Waals surface area contributed by atoms with Crippen LogP contribution in [0, 0.1) is 0 Å². The van der Waals surface area contributed by atoms with Crippen LogP contribution in [0.1, 0.15) is 39.5 Å². The zero-order valence-electron chi connectivity index (χ0n) is 11.5. The molecule has 0 bridgehead atoms. The van der Waals surface area contributed by atoms with Crippen molar-refractivity contribution >= 4 is 11.9 Å². The van der Waals surface area contributed by atoms with Gasteiger partial charge in [0.2, 0.25) is 5.91 Å². The number of rotatable bonds is 5. The second-order valence-corrected chi connectivity index (χ2v) is 4.88. The lowest BCUT2D eigenvalue weighted by Crippen LogP contribution is -2.46. The van der Waals surface area contributed by atoms with Gasteiger partial charge in [-0.2, -0.15) is 0 Å². The second-order valence-electron chi connectivity index (χ2n) is 4.88. The van der Waals surface area contributed by atoms with E-state index in [2.05, 4.69) is 4.74 Å². The molecule has 0 aromatic carbocycles. The Hall–Kier alpha value is -1.10. The standard InChI is InChI=1S/C13H23NO4/c1-10(2)18-9-12(15)14-7-5-4-6-11(14)8-13(16)17-3/h10-11H,4-9H2,1-3H3. The number of hydrogen-bond donors (Lipinski definition) is 0. The number of piperidine rings is 1. The van der Waals surface area contributed by atoms with Crippen molar-refractivity contribution in [2.45, 2.75) is 51.7 Å². The van der Waals surface area contributed by atoms with E-state index in [1.807, 2.05) is 13.8 Å². The van der Waals surface area contributed by atoms with Crippen LogP contribution in [0.4, 0.5) is 0 Å². The first-order chi connectivity index (χ1) is 8.54. The van der Waals surface area contributed by atoms with Crippen molar-refractivity contribution in [1.29, 1.82) is 0 Å². The molecule has 1 aliphatic rings. The highest BCUT2D eigenvalue weighted by Gasteiger charge is 2.28. The Kier molecular flexibility index (Phi) is 6.12. The number of carbonyl (C=O) groups excluding carboxylic acids is 2. The van der Waals surface area contributed by atoms with E-state index >= 15 is 0 Å². The van der Waals surface area contributed by atoms with Gasteiger partial charge in [-0.05, 0) is 33.1 Å². The van der Waals surface area contributed by atoms with E-state index in [0.29, 0.717) is 6.54 Å². The monoisotopic (exact) mass is 257 g/mol. The summed E-state index contributed by atoms with van der Waals surface area (Å²) in [6.07, 6.45) is 3.23. The van der Waals surface area contributed by atoms with Gasteiger partial charge in [0.1, 0.15) is 6.61 Å². The molecule has 1 fully saturated rings. The van der Waals surface area contributed by atoms with Crippen LogP contribution in [0.5, 0.6) is 0 Å². The van der Waals surface area contributed by atoms with Crippen LogP contribution < -0.4 is 0 Å². The SMILES string of the molecule is COC(=O)CC1CCCCN1C(=O)COC(C)C. The molecule has 0 aliphatic carbocycles. The lowest BCUT2D eigenvalue weighted by Gasteiger charge is -2.35. The molecule has 0 saturated carbocycles. The topological polar surface area (TPSA) is 55.8 Å². The van der Waals surface area contributed by atoms with E-state index in [1.165, 1.54) is 7.11 Å². The average molecular weight is 257 g/mol. The maximum atomic E-state index is 12.0. The van der Waals surface area contributed by atoms with Crippen LogP contribution in [0.3, 0.4) is 0 Å². The fourth-order valence-electron chi connectivity index (χ4n) is 2.14. The van der Waals surface area contributed by atoms with E-state index in [4.69, 9.17) is 4.74 Å². The largest absolute Gasteiger partial charge is 0.469 e. The summed E-state index contributed by atoms with van der Waals surface area (Å²) in [5, 5.41) is 0. The Morgan fingerprint density at radius 1 is 1.33 bits per heavy atom. The van der Waals surface area contributed by atoms with Gasteiger partial charge < -0.3 is 14.4 Å². The molecule has 0 radical (unpaired) electrons. The van der Waals surface area contributed by atoms with Crippen molar-refractivity contribution in [3.63, 3.8) is 0 Å². The molecular formula is C13H23NO4. The summed E-state index contributed by atoms with van der Waals surface area (Å²) in [5.74, 6) is -0.290. The summed E-state index contributed by atoms with van der Waals surface area (Å²) >= 11 is 0. The molecule has 104 valence electrons. The van der Waals surface area contributed by atoms with Crippen LogP contribution in [0.25, 0.3) is 0 Å². The molecular weight excluding hydrogens is 234 g/mol. The quantitative estimate of drug-likeness (QED) is 0.698. The Labute approximate surface area is 108 Å². The van der Waals surface area contributed by atoms with E-state index in [9.17, 15) is 9.59 Å². The molecule has 1 atom stereocenters. The summed E-state index contributed by atoms with van der Waals surface area (Å²) in [5.41, 5.74) is 0. The van der Waals surface area contributed by atoms with Crippen molar-refractivity contribution < 1.29 is 19.1 Å². The molecule has 1 unspecified atom stereocenters. The van der Waals surface area contributed by atoms with Gasteiger partial charge in [0.25, 0.3) is 0 Å². The fourth-order valence-corrected chi connectivity index (χ4v) is 2.14. The predicted octanol–water partition coefficient (Wildman–Crippen LogP) is 1.36. The van der Waals surface area contributed by atoms with Crippen molar-refractivity contribution in [1.82, 2.24) is 4.90 Å². The Bertz CT molecular complexity index is 291. The van der Waals surface area contributed by atoms with Crippen molar-refractivity contribution in [2.75, 3.05) is 20.3 Å². The van der Waals surface area contributed by atoms with Crippen LogP contribution in [0.2, 0.25) is 0 Å². The van der Waals surface area contributed by atoms with E-state index in [1.54, 1.807) is 4.90 Å². The maximum Gasteiger partial charge on any atom is 0.307 e. The number of nitrogens with zero attached hydrogens (tertiary/aromatic N) is 1. The Balaban J connectivity index is 2.52. The molecule has 0 aromatic rings. The van der Waals surface area contributed by atoms with Gasteiger partial charge in [0, 0.05) is 12.6 Å². The van der Waals surface area contributed by atoms with Crippen LogP contribution in [-0.2, 0) is 19.1 Å². The second kappa shape index (κ2) is 7.36. The number of carbonyl (C=O) groups is 2. The zero-order valence-corrected chi connectivity index (χ0v) is 11.5. The van der Waals surface area contributed by atoms with Crippen molar-refractivity contribution in [3.8, 4) is 0 Å². The van der Waals surface area contributed by atoms with Gasteiger partial charge >= 0.3 is 5.97 Å². The molecule has 1 amide bonds. The predicted molar refractivity (Wildman–Crippen MR) is 67.1 cm³/mol. The molecule has 5 heteroatoms. The molecule has 1 rings (SSSR count). The number of ether oxygens (including phenoxy) is 2. The van der Waals surface area contributed by atoms with Crippen molar-refractivity contribution in [3.05, 3.63) is 0 Å². The van der Waals surface area contributed by atoms with E-state index < -0.39 is 0 Å². The molecule has 1 saturated heterocycles. The normalized spacial score (nSPS) is 20.0. The first-order valence-corrected chi connectivity index (χ1v) is 6.52. The molecule has 0 spiro atoms. The summed E-state index contributed by atoms with van der Waals surface area (Å²) in [4.78, 5) is 25.1. The molecule has 0 N–H and O–H groups in total. The zero-order chi connectivity index (χ0) is 13.5. The third kappa shape index (κ3) is 4.64. The third-order valence-electron chi connectivity index (χ3n) is 3.12. The first kappa shape index (κ1) is 15.0. The average Bonchev–Trinajstić information content (AvgIpc) is 2.36. The van der Waals surface area contributed by atoms with Crippen LogP contribution in [-0.4, -0.2) is 49.2 Å². The Morgan fingerprint density at radius 3 is 2.67 bits per heavy atom. The maximum absolute atomic E-state index is 12.0. The first-order valence-electron chi connectivity index (χ1n) is 6.52. The molecule has 0 aromatic heterocycles. The third-order valence-corrected chi connectivity index (χ3v) is 3.12. The number of methoxy groups -OCH3 is 1. The van der Waals surface area contributed by atoms with Crippen LogP contribution >= 0.6 is 0 Å². The van der Waals surface area contributed by atoms with E-state index in [-0.39, 0.29) is 37.0 Å². The van der Waals surface area contributed by atoms with Crippen molar-refractivity contribution in [2.24, 2.45) is 0 Å².